The van der Waals surface area contributed by atoms with Gasteiger partial charge < -0.3 is 21.1 Å². The van der Waals surface area contributed by atoms with Gasteiger partial charge in [-0.25, -0.2) is 9.59 Å². The van der Waals surface area contributed by atoms with E-state index < -0.39 is 18.0 Å². The van der Waals surface area contributed by atoms with Crippen molar-refractivity contribution in [2.45, 2.75) is 46.1 Å². The van der Waals surface area contributed by atoms with Crippen molar-refractivity contribution >= 4 is 17.9 Å². The largest absolute Gasteiger partial charge is 0.480 e. The van der Waals surface area contributed by atoms with E-state index in [2.05, 4.69) is 16.0 Å². The zero-order valence-electron chi connectivity index (χ0n) is 12.4. The summed E-state index contributed by atoms with van der Waals surface area (Å²) in [4.78, 5) is 33.8. The summed E-state index contributed by atoms with van der Waals surface area (Å²) in [6.07, 6.45) is 1.39. The molecule has 0 spiro atoms. The molecule has 0 radical (unpaired) electrons. The highest BCUT2D eigenvalue weighted by molar-refractivity contribution is 5.83. The predicted molar refractivity (Wildman–Crippen MR) is 75.3 cm³/mol. The average Bonchev–Trinajstić information content (AvgIpc) is 2.34. The van der Waals surface area contributed by atoms with Crippen molar-refractivity contribution in [1.29, 1.82) is 0 Å². The maximum atomic E-state index is 11.5. The topological polar surface area (TPSA) is 108 Å². The van der Waals surface area contributed by atoms with Gasteiger partial charge in [-0.1, -0.05) is 20.8 Å². The number of aliphatic carboxylic acids is 1. The molecule has 0 fully saturated rings. The number of nitrogens with one attached hydrogen (secondary N) is 3. The van der Waals surface area contributed by atoms with E-state index in [0.29, 0.717) is 13.0 Å². The minimum Gasteiger partial charge on any atom is -0.480 e. The van der Waals surface area contributed by atoms with E-state index in [9.17, 15) is 14.4 Å². The van der Waals surface area contributed by atoms with E-state index in [-0.39, 0.29) is 24.8 Å². The molecule has 7 nitrogen and oxygen atoms in total. The summed E-state index contributed by atoms with van der Waals surface area (Å²) in [6.45, 7) is 6.50. The summed E-state index contributed by atoms with van der Waals surface area (Å²) < 4.78 is 0. The van der Waals surface area contributed by atoms with Gasteiger partial charge in [0.05, 0.1) is 0 Å². The molecular weight excluding hydrogens is 262 g/mol. The Balaban J connectivity index is 3.96. The van der Waals surface area contributed by atoms with E-state index in [1.807, 2.05) is 20.8 Å². The van der Waals surface area contributed by atoms with Crippen molar-refractivity contribution in [3.63, 3.8) is 0 Å². The third-order valence-corrected chi connectivity index (χ3v) is 2.52. The minimum atomic E-state index is -1.06. The van der Waals surface area contributed by atoms with E-state index in [4.69, 9.17) is 5.11 Å². The van der Waals surface area contributed by atoms with Crippen LogP contribution in [-0.2, 0) is 9.59 Å². The van der Waals surface area contributed by atoms with Crippen LogP contribution in [0.2, 0.25) is 0 Å². The summed E-state index contributed by atoms with van der Waals surface area (Å²) in [7, 11) is 0. The number of hydrogen-bond donors (Lipinski definition) is 4. The molecule has 7 heteroatoms. The first kappa shape index (κ1) is 18.2. The Kier molecular flexibility index (Phi) is 9.15. The van der Waals surface area contributed by atoms with Crippen LogP contribution in [0.1, 0.15) is 40.0 Å². The molecular formula is C13H25N3O4. The standard InChI is InChI=1S/C13H25N3O4/c1-4-6-14-11(17)5-7-15-13(20)16-10(12(18)19)8-9(2)3/h9-10H,4-8H2,1-3H3,(H,14,17)(H,18,19)(H2,15,16,20)/t10-/m0/s1. The molecule has 0 saturated heterocycles. The molecule has 0 aliphatic carbocycles. The minimum absolute atomic E-state index is 0.135. The van der Waals surface area contributed by atoms with Crippen molar-refractivity contribution < 1.29 is 19.5 Å². The molecule has 0 bridgehead atoms. The van der Waals surface area contributed by atoms with Gasteiger partial charge in [-0.3, -0.25) is 4.79 Å². The number of carbonyl (C=O) groups excluding carboxylic acids is 2. The van der Waals surface area contributed by atoms with Gasteiger partial charge in [0.25, 0.3) is 0 Å². The first-order valence-electron chi connectivity index (χ1n) is 6.90. The summed E-state index contributed by atoms with van der Waals surface area (Å²) in [5.74, 6) is -1.03. The second-order valence-corrected chi connectivity index (χ2v) is 5.02. The molecule has 0 saturated carbocycles. The molecule has 0 aliphatic rings. The van der Waals surface area contributed by atoms with Crippen LogP contribution in [0, 0.1) is 5.92 Å². The first-order chi connectivity index (χ1) is 9.36. The van der Waals surface area contributed by atoms with Gasteiger partial charge in [-0.15, -0.1) is 0 Å². The SMILES string of the molecule is CCCNC(=O)CCNC(=O)N[C@@H](CC(C)C)C(=O)O. The molecule has 20 heavy (non-hydrogen) atoms. The number of amides is 3. The molecule has 4 N–H and O–H groups in total. The van der Waals surface area contributed by atoms with Crippen LogP contribution in [0.4, 0.5) is 4.79 Å². The third-order valence-electron chi connectivity index (χ3n) is 2.52. The maximum absolute atomic E-state index is 11.5. The molecule has 0 aromatic heterocycles. The van der Waals surface area contributed by atoms with E-state index in [1.54, 1.807) is 0 Å². The number of rotatable bonds is 9. The fourth-order valence-corrected chi connectivity index (χ4v) is 1.54. The molecule has 0 aromatic rings. The number of urea groups is 1. The first-order valence-corrected chi connectivity index (χ1v) is 6.90. The Morgan fingerprint density at radius 2 is 1.75 bits per heavy atom. The number of hydrogen-bond acceptors (Lipinski definition) is 3. The predicted octanol–water partition coefficient (Wildman–Crippen LogP) is 0.701. The molecule has 116 valence electrons. The van der Waals surface area contributed by atoms with Crippen molar-refractivity contribution in [1.82, 2.24) is 16.0 Å². The Labute approximate surface area is 119 Å². The van der Waals surface area contributed by atoms with E-state index in [0.717, 1.165) is 6.42 Å². The fourth-order valence-electron chi connectivity index (χ4n) is 1.54. The Bertz CT molecular complexity index is 332. The van der Waals surface area contributed by atoms with Crippen molar-refractivity contribution in [2.75, 3.05) is 13.1 Å². The lowest BCUT2D eigenvalue weighted by Crippen LogP contribution is -2.47. The average molecular weight is 287 g/mol. The van der Waals surface area contributed by atoms with Crippen molar-refractivity contribution in [2.24, 2.45) is 5.92 Å². The highest BCUT2D eigenvalue weighted by atomic mass is 16.4. The Hall–Kier alpha value is -1.79. The highest BCUT2D eigenvalue weighted by Crippen LogP contribution is 2.04. The number of carbonyl (C=O) groups is 3. The van der Waals surface area contributed by atoms with E-state index >= 15 is 0 Å². The molecule has 0 unspecified atom stereocenters. The summed E-state index contributed by atoms with van der Waals surface area (Å²) in [5, 5.41) is 16.5. The zero-order valence-corrected chi connectivity index (χ0v) is 12.4. The van der Waals surface area contributed by atoms with Crippen LogP contribution in [0.25, 0.3) is 0 Å². The van der Waals surface area contributed by atoms with Gasteiger partial charge in [0.15, 0.2) is 0 Å². The monoisotopic (exact) mass is 287 g/mol. The Morgan fingerprint density at radius 3 is 2.25 bits per heavy atom. The van der Waals surface area contributed by atoms with Crippen LogP contribution in [0.5, 0.6) is 0 Å². The molecule has 0 heterocycles. The van der Waals surface area contributed by atoms with Gasteiger partial charge in [0.1, 0.15) is 6.04 Å². The normalized spacial score (nSPS) is 11.8. The second-order valence-electron chi connectivity index (χ2n) is 5.02. The van der Waals surface area contributed by atoms with Crippen LogP contribution < -0.4 is 16.0 Å². The Morgan fingerprint density at radius 1 is 1.10 bits per heavy atom. The van der Waals surface area contributed by atoms with Gasteiger partial charge in [-0.05, 0) is 18.8 Å². The van der Waals surface area contributed by atoms with Crippen LogP contribution in [0.3, 0.4) is 0 Å². The summed E-state index contributed by atoms with van der Waals surface area (Å²) >= 11 is 0. The van der Waals surface area contributed by atoms with Crippen LogP contribution in [0.15, 0.2) is 0 Å². The van der Waals surface area contributed by atoms with Crippen LogP contribution in [-0.4, -0.2) is 42.1 Å². The highest BCUT2D eigenvalue weighted by Gasteiger charge is 2.20. The lowest BCUT2D eigenvalue weighted by molar-refractivity contribution is -0.139. The molecule has 0 aromatic carbocycles. The van der Waals surface area contributed by atoms with Gasteiger partial charge in [0.2, 0.25) is 5.91 Å². The molecule has 0 rings (SSSR count). The second kappa shape index (κ2) is 10.1. The van der Waals surface area contributed by atoms with Gasteiger partial charge >= 0.3 is 12.0 Å². The third kappa shape index (κ3) is 9.18. The lowest BCUT2D eigenvalue weighted by Gasteiger charge is -2.16. The van der Waals surface area contributed by atoms with Gasteiger partial charge in [-0.2, -0.15) is 0 Å². The molecule has 0 aliphatic heterocycles. The molecule has 1 atom stereocenters. The number of carboxylic acids is 1. The fraction of sp³-hybridized carbons (Fsp3) is 0.769. The number of carboxylic acid groups (broad SMARTS) is 1. The van der Waals surface area contributed by atoms with Crippen molar-refractivity contribution in [3.05, 3.63) is 0 Å². The molecule has 3 amide bonds. The lowest BCUT2D eigenvalue weighted by atomic mass is 10.0. The van der Waals surface area contributed by atoms with E-state index in [1.165, 1.54) is 0 Å². The summed E-state index contributed by atoms with van der Waals surface area (Å²) in [5.41, 5.74) is 0. The smallest absolute Gasteiger partial charge is 0.326 e. The van der Waals surface area contributed by atoms with Crippen molar-refractivity contribution in [3.8, 4) is 0 Å². The maximum Gasteiger partial charge on any atom is 0.326 e. The quantitative estimate of drug-likeness (QED) is 0.500. The van der Waals surface area contributed by atoms with Gasteiger partial charge in [0, 0.05) is 19.5 Å². The van der Waals surface area contributed by atoms with Crippen LogP contribution >= 0.6 is 0 Å². The summed E-state index contributed by atoms with van der Waals surface area (Å²) in [6, 6.07) is -1.48. The zero-order chi connectivity index (χ0) is 15.5.